The van der Waals surface area contributed by atoms with Crippen LogP contribution in [0.1, 0.15) is 32.4 Å². The Morgan fingerprint density at radius 3 is 2.38 bits per heavy atom. The fourth-order valence-corrected chi connectivity index (χ4v) is 2.52. The predicted molar refractivity (Wildman–Crippen MR) is 128 cm³/mol. The van der Waals surface area contributed by atoms with Crippen LogP contribution in [0.4, 0.5) is 4.79 Å². The van der Waals surface area contributed by atoms with Crippen molar-refractivity contribution < 1.29 is 14.3 Å². The summed E-state index contributed by atoms with van der Waals surface area (Å²) >= 11 is 0. The number of alkyl carbamates (subject to hydrolysis) is 1. The number of ether oxygens (including phenoxy) is 2. The molecule has 1 aromatic carbocycles. The number of rotatable bonds is 8. The molecule has 29 heavy (non-hydrogen) atoms. The van der Waals surface area contributed by atoms with Gasteiger partial charge in [0.2, 0.25) is 0 Å². The molecule has 8 nitrogen and oxygen atoms in total. The fourth-order valence-electron chi connectivity index (χ4n) is 2.52. The minimum absolute atomic E-state index is 0. The monoisotopic (exact) mass is 521 g/mol. The van der Waals surface area contributed by atoms with E-state index in [9.17, 15) is 4.79 Å². The van der Waals surface area contributed by atoms with Crippen LogP contribution in [0, 0.1) is 0 Å². The molecule has 0 radical (unpaired) electrons. The molecule has 3 N–H and O–H groups in total. The van der Waals surface area contributed by atoms with Crippen LogP contribution in [-0.4, -0.2) is 70.4 Å². The maximum absolute atomic E-state index is 11.6. The molecule has 0 spiro atoms. The molecule has 1 unspecified atom stereocenters. The number of amides is 1. The molecule has 0 bridgehead atoms. The smallest absolute Gasteiger partial charge is 0.407 e. The second-order valence-electron chi connectivity index (χ2n) is 7.56. The molecule has 0 aromatic heterocycles. The van der Waals surface area contributed by atoms with Crippen LogP contribution in [0.5, 0.6) is 5.75 Å². The lowest BCUT2D eigenvalue weighted by Crippen LogP contribution is -2.44. The van der Waals surface area contributed by atoms with Gasteiger partial charge in [-0.15, -0.1) is 24.0 Å². The molecule has 0 aliphatic rings. The van der Waals surface area contributed by atoms with Crippen molar-refractivity contribution in [2.75, 3.05) is 47.9 Å². The molecule has 0 saturated carbocycles. The van der Waals surface area contributed by atoms with Gasteiger partial charge in [0, 0.05) is 26.7 Å². The summed E-state index contributed by atoms with van der Waals surface area (Å²) in [6.07, 6.45) is -0.428. The van der Waals surface area contributed by atoms with Crippen molar-refractivity contribution in [2.45, 2.75) is 32.4 Å². The van der Waals surface area contributed by atoms with Gasteiger partial charge in [-0.2, -0.15) is 0 Å². The van der Waals surface area contributed by atoms with Gasteiger partial charge in [0.15, 0.2) is 5.96 Å². The molecule has 1 amide bonds. The number of carbonyl (C=O) groups is 1. The first-order valence-electron chi connectivity index (χ1n) is 9.38. The highest BCUT2D eigenvalue weighted by Gasteiger charge is 2.16. The predicted octanol–water partition coefficient (Wildman–Crippen LogP) is 2.61. The summed E-state index contributed by atoms with van der Waals surface area (Å²) in [5.41, 5.74) is 0.648. The van der Waals surface area contributed by atoms with E-state index in [-0.39, 0.29) is 30.0 Å². The zero-order chi connectivity index (χ0) is 21.2. The first kappa shape index (κ1) is 27.2. The van der Waals surface area contributed by atoms with Gasteiger partial charge >= 0.3 is 6.09 Å². The number of nitrogens with one attached hydrogen (secondary N) is 3. The summed E-state index contributed by atoms with van der Waals surface area (Å²) in [6, 6.07) is 8.18. The second kappa shape index (κ2) is 13.5. The Bertz CT molecular complexity index is 647. The summed E-state index contributed by atoms with van der Waals surface area (Å²) in [5.74, 6) is 1.50. The van der Waals surface area contributed by atoms with Crippen LogP contribution in [-0.2, 0) is 4.74 Å². The lowest BCUT2D eigenvalue weighted by Gasteiger charge is -2.26. The number of aliphatic imine (C=N–C) groups is 1. The average molecular weight is 521 g/mol. The molecule has 0 fully saturated rings. The number of likely N-dealkylation sites (N-methyl/N-ethyl adjacent to an activating group) is 1. The molecule has 0 aliphatic carbocycles. The average Bonchev–Trinajstić information content (AvgIpc) is 2.62. The summed E-state index contributed by atoms with van der Waals surface area (Å²) in [4.78, 5) is 18.0. The third-order valence-electron chi connectivity index (χ3n) is 3.87. The molecule has 0 aliphatic heterocycles. The first-order chi connectivity index (χ1) is 13.2. The van der Waals surface area contributed by atoms with E-state index in [1.54, 1.807) is 14.2 Å². The number of guanidine groups is 1. The van der Waals surface area contributed by atoms with Crippen LogP contribution >= 0.6 is 24.0 Å². The van der Waals surface area contributed by atoms with Gasteiger partial charge in [-0.05, 0) is 52.6 Å². The topological polar surface area (TPSA) is 87.2 Å². The van der Waals surface area contributed by atoms with Gasteiger partial charge in [-0.1, -0.05) is 12.1 Å². The maximum Gasteiger partial charge on any atom is 0.407 e. The van der Waals surface area contributed by atoms with Gasteiger partial charge in [0.05, 0.1) is 13.2 Å². The molecule has 1 aromatic rings. The van der Waals surface area contributed by atoms with Crippen molar-refractivity contribution in [3.63, 3.8) is 0 Å². The number of hydrogen-bond acceptors (Lipinski definition) is 5. The van der Waals surface area contributed by atoms with E-state index < -0.39 is 11.7 Å². The lowest BCUT2D eigenvalue weighted by molar-refractivity contribution is 0.0529. The molecule has 0 heterocycles. The summed E-state index contributed by atoms with van der Waals surface area (Å²) < 4.78 is 10.5. The van der Waals surface area contributed by atoms with Crippen LogP contribution in [0.3, 0.4) is 0 Å². The molecule has 166 valence electrons. The quantitative estimate of drug-likeness (QED) is 0.211. The SMILES string of the molecule is CN=C(NCCNC(=O)OC(C)(C)C)NCC(c1cccc(OC)c1)N(C)C.I. The standard InChI is InChI=1S/C20H35N5O3.HI/c1-20(2,3)28-19(26)23-12-11-22-18(21-4)24-14-17(25(5)6)15-9-8-10-16(13-15)27-7;/h8-10,13,17H,11-12,14H2,1-7H3,(H,23,26)(H2,21,22,24);1H. The highest BCUT2D eigenvalue weighted by Crippen LogP contribution is 2.22. The van der Waals surface area contributed by atoms with Crippen molar-refractivity contribution in [3.05, 3.63) is 29.8 Å². The second-order valence-corrected chi connectivity index (χ2v) is 7.56. The summed E-state index contributed by atoms with van der Waals surface area (Å²) in [7, 11) is 7.45. The van der Waals surface area contributed by atoms with Gasteiger partial charge in [0.25, 0.3) is 0 Å². The van der Waals surface area contributed by atoms with Gasteiger partial charge in [0.1, 0.15) is 11.4 Å². The van der Waals surface area contributed by atoms with Crippen LogP contribution in [0.15, 0.2) is 29.3 Å². The number of methoxy groups -OCH3 is 1. The van der Waals surface area contributed by atoms with Gasteiger partial charge in [-0.3, -0.25) is 4.99 Å². The molecular weight excluding hydrogens is 485 g/mol. The Hall–Kier alpha value is -1.75. The Morgan fingerprint density at radius 2 is 1.83 bits per heavy atom. The maximum atomic E-state index is 11.6. The van der Waals surface area contributed by atoms with Crippen LogP contribution in [0.2, 0.25) is 0 Å². The van der Waals surface area contributed by atoms with Crippen molar-refractivity contribution in [1.82, 2.24) is 20.9 Å². The number of halogens is 1. The minimum atomic E-state index is -0.504. The van der Waals surface area contributed by atoms with Gasteiger partial charge < -0.3 is 30.3 Å². The van der Waals surface area contributed by atoms with E-state index in [4.69, 9.17) is 9.47 Å². The van der Waals surface area contributed by atoms with E-state index in [0.29, 0.717) is 25.6 Å². The summed E-state index contributed by atoms with van der Waals surface area (Å²) in [5, 5.41) is 9.22. The highest BCUT2D eigenvalue weighted by molar-refractivity contribution is 14.0. The van der Waals surface area contributed by atoms with Crippen molar-refractivity contribution in [2.24, 2.45) is 4.99 Å². The van der Waals surface area contributed by atoms with Crippen LogP contribution < -0.4 is 20.7 Å². The molecular formula is C20H36IN5O3. The Kier molecular flexibility index (Phi) is 12.7. The van der Waals surface area contributed by atoms with E-state index in [2.05, 4.69) is 31.9 Å². The van der Waals surface area contributed by atoms with E-state index in [0.717, 1.165) is 11.3 Å². The molecule has 1 atom stereocenters. The zero-order valence-corrected chi connectivity index (χ0v) is 20.9. The Morgan fingerprint density at radius 1 is 1.17 bits per heavy atom. The summed E-state index contributed by atoms with van der Waals surface area (Å²) in [6.45, 7) is 7.13. The third-order valence-corrected chi connectivity index (χ3v) is 3.87. The number of benzene rings is 1. The van der Waals surface area contributed by atoms with Crippen molar-refractivity contribution in [3.8, 4) is 5.75 Å². The number of carbonyl (C=O) groups excluding carboxylic acids is 1. The Balaban J connectivity index is 0.00000784. The molecule has 9 heteroatoms. The molecule has 0 saturated heterocycles. The lowest BCUT2D eigenvalue weighted by atomic mass is 10.1. The Labute approximate surface area is 191 Å². The van der Waals surface area contributed by atoms with E-state index in [1.807, 2.05) is 53.1 Å². The minimum Gasteiger partial charge on any atom is -0.497 e. The van der Waals surface area contributed by atoms with Crippen LogP contribution in [0.25, 0.3) is 0 Å². The highest BCUT2D eigenvalue weighted by atomic mass is 127. The van der Waals surface area contributed by atoms with Crippen molar-refractivity contribution >= 4 is 36.0 Å². The zero-order valence-electron chi connectivity index (χ0n) is 18.5. The third kappa shape index (κ3) is 11.1. The van der Waals surface area contributed by atoms with E-state index in [1.165, 1.54) is 0 Å². The number of nitrogens with zero attached hydrogens (tertiary/aromatic N) is 2. The number of hydrogen-bond donors (Lipinski definition) is 3. The van der Waals surface area contributed by atoms with Crippen molar-refractivity contribution in [1.29, 1.82) is 0 Å². The van der Waals surface area contributed by atoms with Gasteiger partial charge in [-0.25, -0.2) is 4.79 Å². The molecule has 1 rings (SSSR count). The fraction of sp³-hybridized carbons (Fsp3) is 0.600. The normalized spacial score (nSPS) is 12.6. The first-order valence-corrected chi connectivity index (χ1v) is 9.38. The van der Waals surface area contributed by atoms with E-state index >= 15 is 0 Å². The largest absolute Gasteiger partial charge is 0.497 e.